The lowest BCUT2D eigenvalue weighted by atomic mass is 10.1. The van der Waals surface area contributed by atoms with Crippen LogP contribution in [0.15, 0.2) is 59.5 Å². The van der Waals surface area contributed by atoms with E-state index in [9.17, 15) is 13.5 Å². The molecule has 0 saturated carbocycles. The van der Waals surface area contributed by atoms with Gasteiger partial charge in [0.25, 0.3) is 0 Å². The molecule has 21 heavy (non-hydrogen) atoms. The van der Waals surface area contributed by atoms with Gasteiger partial charge in [-0.2, -0.15) is 0 Å². The second kappa shape index (κ2) is 6.41. The summed E-state index contributed by atoms with van der Waals surface area (Å²) in [4.78, 5) is 0.259. The molecule has 0 saturated heterocycles. The molecule has 2 aromatic rings. The van der Waals surface area contributed by atoms with Crippen molar-refractivity contribution >= 4 is 9.84 Å². The largest absolute Gasteiger partial charge is 0.387 e. The Morgan fingerprint density at radius 3 is 2.10 bits per heavy atom. The van der Waals surface area contributed by atoms with Crippen molar-refractivity contribution in [3.05, 3.63) is 65.7 Å². The zero-order chi connectivity index (χ0) is 15.5. The van der Waals surface area contributed by atoms with E-state index in [4.69, 9.17) is 0 Å². The van der Waals surface area contributed by atoms with E-state index >= 15 is 0 Å². The van der Waals surface area contributed by atoms with Gasteiger partial charge in [0, 0.05) is 0 Å². The van der Waals surface area contributed by atoms with Gasteiger partial charge in [-0.3, -0.25) is 0 Å². The fourth-order valence-corrected chi connectivity index (χ4v) is 4.18. The molecule has 0 fully saturated rings. The normalized spacial score (nSPS) is 14.6. The number of hydrogen-bond acceptors (Lipinski definition) is 3. The van der Waals surface area contributed by atoms with Gasteiger partial charge < -0.3 is 5.11 Å². The molecule has 2 rings (SSSR count). The molecular formula is C17H20O3S. The third-order valence-corrected chi connectivity index (χ3v) is 5.96. The lowest BCUT2D eigenvalue weighted by Crippen LogP contribution is -2.28. The van der Waals surface area contributed by atoms with Crippen molar-refractivity contribution in [3.63, 3.8) is 0 Å². The molecule has 4 heteroatoms. The van der Waals surface area contributed by atoms with E-state index in [1.165, 1.54) is 0 Å². The van der Waals surface area contributed by atoms with Crippen molar-refractivity contribution in [1.82, 2.24) is 0 Å². The molecule has 3 nitrogen and oxygen atoms in total. The second-order valence-electron chi connectivity index (χ2n) is 5.16. The molecule has 0 bridgehead atoms. The highest BCUT2D eigenvalue weighted by molar-refractivity contribution is 7.92. The van der Waals surface area contributed by atoms with Crippen LogP contribution in [0, 0.1) is 6.92 Å². The SMILES string of the molecule is CCC(C(O)c1ccccc1)S(=O)(=O)c1ccc(C)cc1. The Balaban J connectivity index is 2.38. The van der Waals surface area contributed by atoms with Crippen LogP contribution >= 0.6 is 0 Å². The van der Waals surface area contributed by atoms with E-state index in [1.54, 1.807) is 55.5 Å². The van der Waals surface area contributed by atoms with Crippen molar-refractivity contribution in [2.24, 2.45) is 0 Å². The number of benzene rings is 2. The van der Waals surface area contributed by atoms with Gasteiger partial charge in [-0.25, -0.2) is 8.42 Å². The standard InChI is InChI=1S/C17H20O3S/c1-3-16(17(18)14-7-5-4-6-8-14)21(19,20)15-11-9-13(2)10-12-15/h4-12,16-18H,3H2,1-2H3. The first-order valence-electron chi connectivity index (χ1n) is 7.00. The van der Waals surface area contributed by atoms with E-state index in [0.29, 0.717) is 12.0 Å². The van der Waals surface area contributed by atoms with E-state index < -0.39 is 21.2 Å². The highest BCUT2D eigenvalue weighted by atomic mass is 32.2. The van der Waals surface area contributed by atoms with Crippen LogP contribution in [-0.2, 0) is 9.84 Å². The first kappa shape index (κ1) is 15.7. The molecule has 1 N–H and O–H groups in total. The van der Waals surface area contributed by atoms with Crippen LogP contribution in [0.4, 0.5) is 0 Å². The molecule has 0 aromatic heterocycles. The average Bonchev–Trinajstić information content (AvgIpc) is 2.49. The van der Waals surface area contributed by atoms with Gasteiger partial charge in [-0.1, -0.05) is 55.0 Å². The summed E-state index contributed by atoms with van der Waals surface area (Å²) in [7, 11) is -3.57. The summed E-state index contributed by atoms with van der Waals surface area (Å²) >= 11 is 0. The van der Waals surface area contributed by atoms with E-state index in [2.05, 4.69) is 0 Å². The zero-order valence-corrected chi connectivity index (χ0v) is 13.0. The number of hydrogen-bond donors (Lipinski definition) is 1. The van der Waals surface area contributed by atoms with Gasteiger partial charge in [-0.05, 0) is 31.0 Å². The Morgan fingerprint density at radius 2 is 1.57 bits per heavy atom. The van der Waals surface area contributed by atoms with Crippen LogP contribution < -0.4 is 0 Å². The molecule has 0 aliphatic rings. The minimum Gasteiger partial charge on any atom is -0.387 e. The molecule has 0 aliphatic carbocycles. The quantitative estimate of drug-likeness (QED) is 0.922. The summed E-state index contributed by atoms with van der Waals surface area (Å²) in [6.45, 7) is 3.69. The first-order valence-corrected chi connectivity index (χ1v) is 8.55. The van der Waals surface area contributed by atoms with Crippen LogP contribution in [0.3, 0.4) is 0 Å². The van der Waals surface area contributed by atoms with Gasteiger partial charge in [0.1, 0.15) is 0 Å². The predicted molar refractivity (Wildman–Crippen MR) is 83.8 cm³/mol. The summed E-state index contributed by atoms with van der Waals surface area (Å²) in [6.07, 6.45) is -0.672. The van der Waals surface area contributed by atoms with Crippen LogP contribution in [0.1, 0.15) is 30.6 Å². The van der Waals surface area contributed by atoms with Crippen LogP contribution in [-0.4, -0.2) is 18.8 Å². The van der Waals surface area contributed by atoms with Crippen molar-refractivity contribution in [2.75, 3.05) is 0 Å². The van der Waals surface area contributed by atoms with Crippen LogP contribution in [0.5, 0.6) is 0 Å². The summed E-state index contributed by atoms with van der Waals surface area (Å²) in [6, 6.07) is 15.7. The van der Waals surface area contributed by atoms with Gasteiger partial charge in [0.05, 0.1) is 16.2 Å². The monoisotopic (exact) mass is 304 g/mol. The molecule has 0 heterocycles. The summed E-state index contributed by atoms with van der Waals surface area (Å²) in [5, 5.41) is 9.61. The zero-order valence-electron chi connectivity index (χ0n) is 12.2. The van der Waals surface area contributed by atoms with Crippen LogP contribution in [0.25, 0.3) is 0 Å². The Labute approximate surface area is 126 Å². The predicted octanol–water partition coefficient (Wildman–Crippen LogP) is 3.28. The molecule has 0 amide bonds. The van der Waals surface area contributed by atoms with E-state index in [0.717, 1.165) is 5.56 Å². The molecule has 0 spiro atoms. The first-order chi connectivity index (χ1) is 9.96. The highest BCUT2D eigenvalue weighted by Crippen LogP contribution is 2.29. The van der Waals surface area contributed by atoms with Crippen molar-refractivity contribution in [2.45, 2.75) is 36.5 Å². The lowest BCUT2D eigenvalue weighted by Gasteiger charge is -2.22. The molecule has 2 aromatic carbocycles. The number of rotatable bonds is 5. The third-order valence-electron chi connectivity index (χ3n) is 3.64. The number of sulfone groups is 1. The minimum atomic E-state index is -3.57. The number of aliphatic hydroxyl groups is 1. The minimum absolute atomic E-state index is 0.259. The van der Waals surface area contributed by atoms with Gasteiger partial charge in [0.2, 0.25) is 0 Å². The van der Waals surface area contributed by atoms with Crippen molar-refractivity contribution in [1.29, 1.82) is 0 Å². The Morgan fingerprint density at radius 1 is 1.00 bits per heavy atom. The molecular weight excluding hydrogens is 284 g/mol. The van der Waals surface area contributed by atoms with E-state index in [1.807, 2.05) is 13.0 Å². The highest BCUT2D eigenvalue weighted by Gasteiger charge is 2.33. The Kier molecular flexibility index (Phi) is 4.80. The summed E-state index contributed by atoms with van der Waals surface area (Å²) in [5.41, 5.74) is 1.63. The maximum atomic E-state index is 12.7. The Hall–Kier alpha value is -1.65. The smallest absolute Gasteiger partial charge is 0.184 e. The Bertz CT molecular complexity index is 676. The molecule has 0 radical (unpaired) electrons. The van der Waals surface area contributed by atoms with Gasteiger partial charge in [0.15, 0.2) is 9.84 Å². The second-order valence-corrected chi connectivity index (χ2v) is 7.33. The maximum Gasteiger partial charge on any atom is 0.184 e. The maximum absolute atomic E-state index is 12.7. The molecule has 2 unspecified atom stereocenters. The number of aryl methyl sites for hydroxylation is 1. The number of aliphatic hydroxyl groups excluding tert-OH is 1. The molecule has 2 atom stereocenters. The summed E-state index contributed by atoms with van der Waals surface area (Å²) in [5.74, 6) is 0. The van der Waals surface area contributed by atoms with Crippen molar-refractivity contribution in [3.8, 4) is 0 Å². The van der Waals surface area contributed by atoms with E-state index in [-0.39, 0.29) is 4.90 Å². The fraction of sp³-hybridized carbons (Fsp3) is 0.294. The topological polar surface area (TPSA) is 54.4 Å². The fourth-order valence-electron chi connectivity index (χ4n) is 2.38. The molecule has 0 aliphatic heterocycles. The lowest BCUT2D eigenvalue weighted by molar-refractivity contribution is 0.169. The van der Waals surface area contributed by atoms with Gasteiger partial charge >= 0.3 is 0 Å². The van der Waals surface area contributed by atoms with Crippen LogP contribution in [0.2, 0.25) is 0 Å². The molecule has 112 valence electrons. The average molecular weight is 304 g/mol. The van der Waals surface area contributed by atoms with Gasteiger partial charge in [-0.15, -0.1) is 0 Å². The van der Waals surface area contributed by atoms with Crippen molar-refractivity contribution < 1.29 is 13.5 Å². The summed E-state index contributed by atoms with van der Waals surface area (Å²) < 4.78 is 25.5. The third kappa shape index (κ3) is 3.34.